The molecule has 0 fully saturated rings. The first-order valence-corrected chi connectivity index (χ1v) is 6.09. The maximum atomic E-state index is 7.12. The third-order valence-electron chi connectivity index (χ3n) is 2.43. The number of halogens is 1. The van der Waals surface area contributed by atoms with E-state index in [1.807, 2.05) is 36.4 Å². The van der Waals surface area contributed by atoms with Gasteiger partial charge in [-0.05, 0) is 42.0 Å². The Morgan fingerprint density at radius 1 is 1.21 bits per heavy atom. The molecule has 0 aliphatic heterocycles. The first-order valence-electron chi connectivity index (χ1n) is 5.72. The first-order chi connectivity index (χ1) is 9.13. The molecule has 5 heteroatoms. The van der Waals surface area contributed by atoms with Gasteiger partial charge in [-0.1, -0.05) is 23.7 Å². The van der Waals surface area contributed by atoms with E-state index in [1.54, 1.807) is 12.1 Å². The number of benzene rings is 2. The Morgan fingerprint density at radius 2 is 1.95 bits per heavy atom. The molecule has 0 aliphatic rings. The van der Waals surface area contributed by atoms with Crippen molar-refractivity contribution in [1.82, 2.24) is 0 Å². The molecule has 0 aromatic heterocycles. The first kappa shape index (κ1) is 13.2. The number of hydrogen-bond acceptors (Lipinski definition) is 2. The lowest BCUT2D eigenvalue weighted by atomic mass is 10.2. The Kier molecular flexibility index (Phi) is 4.26. The molecule has 0 bridgehead atoms. The predicted octanol–water partition coefficient (Wildman–Crippen LogP) is 3.22. The van der Waals surface area contributed by atoms with Gasteiger partial charge >= 0.3 is 0 Å². The smallest absolute Gasteiger partial charge is 0.190 e. The third kappa shape index (κ3) is 4.19. The predicted molar refractivity (Wildman–Crippen MR) is 77.8 cm³/mol. The molecule has 0 heterocycles. The fourth-order valence-corrected chi connectivity index (χ4v) is 1.80. The van der Waals surface area contributed by atoms with Gasteiger partial charge in [-0.15, -0.1) is 0 Å². The van der Waals surface area contributed by atoms with Crippen molar-refractivity contribution in [2.45, 2.75) is 6.61 Å². The SMILES string of the molecule is N=C(N)Nc1ccc(OCc2cccc(Cl)c2)cc1. The van der Waals surface area contributed by atoms with Gasteiger partial charge in [-0.25, -0.2) is 0 Å². The molecule has 4 nitrogen and oxygen atoms in total. The monoisotopic (exact) mass is 275 g/mol. The van der Waals surface area contributed by atoms with Crippen molar-refractivity contribution >= 4 is 23.2 Å². The van der Waals surface area contributed by atoms with E-state index in [2.05, 4.69) is 5.32 Å². The average molecular weight is 276 g/mol. The molecule has 4 N–H and O–H groups in total. The molecular formula is C14H14ClN3O. The van der Waals surface area contributed by atoms with Crippen molar-refractivity contribution in [3.05, 3.63) is 59.1 Å². The lowest BCUT2D eigenvalue weighted by Gasteiger charge is -2.08. The molecule has 2 aromatic carbocycles. The number of nitrogens with one attached hydrogen (secondary N) is 2. The van der Waals surface area contributed by atoms with E-state index in [9.17, 15) is 0 Å². The van der Waals surface area contributed by atoms with Gasteiger partial charge < -0.3 is 15.8 Å². The Morgan fingerprint density at radius 3 is 2.58 bits per heavy atom. The summed E-state index contributed by atoms with van der Waals surface area (Å²) in [6.07, 6.45) is 0. The quantitative estimate of drug-likeness (QED) is 0.593. The van der Waals surface area contributed by atoms with E-state index < -0.39 is 0 Å². The summed E-state index contributed by atoms with van der Waals surface area (Å²) in [7, 11) is 0. The van der Waals surface area contributed by atoms with E-state index in [0.29, 0.717) is 11.6 Å². The Hall–Kier alpha value is -2.20. The van der Waals surface area contributed by atoms with Crippen LogP contribution in [-0.4, -0.2) is 5.96 Å². The summed E-state index contributed by atoms with van der Waals surface area (Å²) in [5.41, 5.74) is 7.00. The summed E-state index contributed by atoms with van der Waals surface area (Å²) in [5.74, 6) is 0.654. The van der Waals surface area contributed by atoms with Crippen LogP contribution in [0.5, 0.6) is 5.75 Å². The van der Waals surface area contributed by atoms with Crippen LogP contribution >= 0.6 is 11.6 Å². The van der Waals surface area contributed by atoms with Crippen LogP contribution in [0.2, 0.25) is 5.02 Å². The number of nitrogens with two attached hydrogens (primary N) is 1. The van der Waals surface area contributed by atoms with Gasteiger partial charge in [0.1, 0.15) is 12.4 Å². The van der Waals surface area contributed by atoms with E-state index in [-0.39, 0.29) is 5.96 Å². The van der Waals surface area contributed by atoms with Crippen molar-refractivity contribution < 1.29 is 4.74 Å². The molecule has 0 saturated heterocycles. The summed E-state index contributed by atoms with van der Waals surface area (Å²) in [5, 5.41) is 10.5. The van der Waals surface area contributed by atoms with E-state index in [1.165, 1.54) is 0 Å². The van der Waals surface area contributed by atoms with Gasteiger partial charge in [-0.3, -0.25) is 5.41 Å². The highest BCUT2D eigenvalue weighted by atomic mass is 35.5. The molecule has 19 heavy (non-hydrogen) atoms. The zero-order valence-corrected chi connectivity index (χ0v) is 10.9. The standard InChI is InChI=1S/C14H14ClN3O/c15-11-3-1-2-10(8-11)9-19-13-6-4-12(5-7-13)18-14(16)17/h1-8H,9H2,(H4,16,17,18). The van der Waals surface area contributed by atoms with Gasteiger partial charge in [-0.2, -0.15) is 0 Å². The minimum atomic E-state index is -0.0902. The number of anilines is 1. The highest BCUT2D eigenvalue weighted by molar-refractivity contribution is 6.30. The second-order valence-corrected chi connectivity index (χ2v) is 4.42. The summed E-state index contributed by atoms with van der Waals surface area (Å²) in [6.45, 7) is 0.458. The third-order valence-corrected chi connectivity index (χ3v) is 2.66. The lowest BCUT2D eigenvalue weighted by Crippen LogP contribution is -2.20. The fourth-order valence-electron chi connectivity index (χ4n) is 1.58. The topological polar surface area (TPSA) is 71.1 Å². The molecule has 2 aromatic rings. The Balaban J connectivity index is 1.94. The minimum absolute atomic E-state index is 0.0902. The maximum Gasteiger partial charge on any atom is 0.190 e. The normalized spacial score (nSPS) is 9.95. The Labute approximate surface area is 116 Å². The highest BCUT2D eigenvalue weighted by Gasteiger charge is 1.98. The molecule has 2 rings (SSSR count). The van der Waals surface area contributed by atoms with Crippen molar-refractivity contribution in [1.29, 1.82) is 5.41 Å². The largest absolute Gasteiger partial charge is 0.489 e. The average Bonchev–Trinajstić information content (AvgIpc) is 2.37. The second-order valence-electron chi connectivity index (χ2n) is 3.98. The van der Waals surface area contributed by atoms with Crippen LogP contribution in [0.15, 0.2) is 48.5 Å². The van der Waals surface area contributed by atoms with E-state index in [0.717, 1.165) is 17.0 Å². The molecular weight excluding hydrogens is 262 g/mol. The minimum Gasteiger partial charge on any atom is -0.489 e. The van der Waals surface area contributed by atoms with Crippen LogP contribution < -0.4 is 15.8 Å². The zero-order valence-electron chi connectivity index (χ0n) is 10.2. The fraction of sp³-hybridized carbons (Fsp3) is 0.0714. The second kappa shape index (κ2) is 6.11. The number of guanidine groups is 1. The number of ether oxygens (including phenoxy) is 1. The molecule has 0 radical (unpaired) electrons. The molecule has 0 spiro atoms. The molecule has 0 saturated carbocycles. The summed E-state index contributed by atoms with van der Waals surface area (Å²) in [6, 6.07) is 14.8. The Bertz CT molecular complexity index is 569. The molecule has 0 amide bonds. The van der Waals surface area contributed by atoms with E-state index in [4.69, 9.17) is 27.5 Å². The molecule has 0 aliphatic carbocycles. The van der Waals surface area contributed by atoms with Gasteiger partial charge in [0.25, 0.3) is 0 Å². The number of hydrogen-bond donors (Lipinski definition) is 3. The summed E-state index contributed by atoms with van der Waals surface area (Å²) in [4.78, 5) is 0. The molecule has 0 atom stereocenters. The van der Waals surface area contributed by atoms with Crippen molar-refractivity contribution in [2.75, 3.05) is 5.32 Å². The zero-order chi connectivity index (χ0) is 13.7. The highest BCUT2D eigenvalue weighted by Crippen LogP contribution is 2.18. The number of rotatable bonds is 4. The molecule has 0 unspecified atom stereocenters. The van der Waals surface area contributed by atoms with Gasteiger partial charge in [0.05, 0.1) is 0 Å². The van der Waals surface area contributed by atoms with Crippen molar-refractivity contribution in [3.8, 4) is 5.75 Å². The van der Waals surface area contributed by atoms with Crippen LogP contribution in [-0.2, 0) is 6.61 Å². The van der Waals surface area contributed by atoms with E-state index >= 15 is 0 Å². The van der Waals surface area contributed by atoms with Crippen molar-refractivity contribution in [3.63, 3.8) is 0 Å². The maximum absolute atomic E-state index is 7.12. The van der Waals surface area contributed by atoms with Gasteiger partial charge in [0, 0.05) is 10.7 Å². The van der Waals surface area contributed by atoms with Crippen LogP contribution in [0, 0.1) is 5.41 Å². The van der Waals surface area contributed by atoms with Gasteiger partial charge in [0.2, 0.25) is 0 Å². The summed E-state index contributed by atoms with van der Waals surface area (Å²) >= 11 is 5.90. The van der Waals surface area contributed by atoms with Crippen LogP contribution in [0.4, 0.5) is 5.69 Å². The van der Waals surface area contributed by atoms with Crippen LogP contribution in [0.1, 0.15) is 5.56 Å². The van der Waals surface area contributed by atoms with Crippen molar-refractivity contribution in [2.24, 2.45) is 5.73 Å². The summed E-state index contributed by atoms with van der Waals surface area (Å²) < 4.78 is 5.64. The van der Waals surface area contributed by atoms with Crippen LogP contribution in [0.3, 0.4) is 0 Å². The van der Waals surface area contributed by atoms with Gasteiger partial charge in [0.15, 0.2) is 5.96 Å². The lowest BCUT2D eigenvalue weighted by molar-refractivity contribution is 0.306. The molecule has 98 valence electrons. The van der Waals surface area contributed by atoms with Crippen LogP contribution in [0.25, 0.3) is 0 Å².